The van der Waals surface area contributed by atoms with Gasteiger partial charge in [0.1, 0.15) is 0 Å². The van der Waals surface area contributed by atoms with E-state index in [1.54, 1.807) is 42.2 Å². The minimum Gasteiger partial charge on any atom is -0.380 e. The average molecular weight is 342 g/mol. The third-order valence-corrected chi connectivity index (χ3v) is 5.42. The van der Waals surface area contributed by atoms with Crippen LogP contribution >= 0.6 is 0 Å². The van der Waals surface area contributed by atoms with Crippen LogP contribution in [0.25, 0.3) is 5.82 Å². The quantitative estimate of drug-likeness (QED) is 0.745. The molecule has 0 bridgehead atoms. The van der Waals surface area contributed by atoms with E-state index < -0.39 is 9.84 Å². The summed E-state index contributed by atoms with van der Waals surface area (Å²) in [6, 6.07) is 12.6. The fourth-order valence-corrected chi connectivity index (χ4v) is 3.41. The minimum absolute atomic E-state index is 0.0738. The standard InChI is InChI=1S/C17H18N4O2S/c1-2-24(22,23)16-7-4-3-6-15(16)19-13-14-8-10-18-17(12-14)21-11-5-9-20-21/h3-12,19H,2,13H2,1H3. The highest BCUT2D eigenvalue weighted by molar-refractivity contribution is 7.91. The van der Waals surface area contributed by atoms with E-state index in [2.05, 4.69) is 15.4 Å². The Bertz CT molecular complexity index is 921. The average Bonchev–Trinajstić information content (AvgIpc) is 3.15. The lowest BCUT2D eigenvalue weighted by molar-refractivity contribution is 0.597. The zero-order valence-electron chi connectivity index (χ0n) is 13.3. The number of pyridine rings is 1. The van der Waals surface area contributed by atoms with E-state index in [4.69, 9.17) is 0 Å². The molecule has 0 aliphatic carbocycles. The van der Waals surface area contributed by atoms with Crippen molar-refractivity contribution in [3.8, 4) is 5.82 Å². The first-order chi connectivity index (χ1) is 11.6. The number of anilines is 1. The SMILES string of the molecule is CCS(=O)(=O)c1ccccc1NCc1ccnc(-n2cccn2)c1. The number of nitrogens with zero attached hydrogens (tertiary/aromatic N) is 3. The Hall–Kier alpha value is -2.67. The van der Waals surface area contributed by atoms with E-state index in [0.717, 1.165) is 5.56 Å². The van der Waals surface area contributed by atoms with E-state index in [0.29, 0.717) is 22.9 Å². The predicted molar refractivity (Wildman–Crippen MR) is 92.9 cm³/mol. The summed E-state index contributed by atoms with van der Waals surface area (Å²) in [4.78, 5) is 4.61. The number of sulfone groups is 1. The molecule has 0 unspecified atom stereocenters. The largest absolute Gasteiger partial charge is 0.380 e. The molecule has 7 heteroatoms. The Morgan fingerprint density at radius 2 is 1.96 bits per heavy atom. The zero-order chi connectivity index (χ0) is 17.0. The third kappa shape index (κ3) is 3.46. The summed E-state index contributed by atoms with van der Waals surface area (Å²) in [6.45, 7) is 2.14. The van der Waals surface area contributed by atoms with Crippen molar-refractivity contribution in [3.63, 3.8) is 0 Å². The van der Waals surface area contributed by atoms with Crippen LogP contribution in [-0.2, 0) is 16.4 Å². The van der Waals surface area contributed by atoms with Crippen LogP contribution in [0.1, 0.15) is 12.5 Å². The van der Waals surface area contributed by atoms with Gasteiger partial charge in [0.05, 0.1) is 16.3 Å². The minimum atomic E-state index is -3.27. The number of hydrogen-bond acceptors (Lipinski definition) is 5. The summed E-state index contributed by atoms with van der Waals surface area (Å²) in [5.74, 6) is 0.790. The van der Waals surface area contributed by atoms with Gasteiger partial charge in [-0.15, -0.1) is 0 Å². The van der Waals surface area contributed by atoms with Crippen LogP contribution < -0.4 is 5.32 Å². The van der Waals surface area contributed by atoms with Gasteiger partial charge in [-0.2, -0.15) is 5.10 Å². The second-order valence-corrected chi connectivity index (χ2v) is 7.47. The highest BCUT2D eigenvalue weighted by Gasteiger charge is 2.15. The second kappa shape index (κ2) is 6.84. The lowest BCUT2D eigenvalue weighted by Gasteiger charge is -2.12. The van der Waals surface area contributed by atoms with Gasteiger partial charge in [0.2, 0.25) is 0 Å². The molecule has 0 aliphatic rings. The molecule has 1 aromatic carbocycles. The van der Waals surface area contributed by atoms with Crippen molar-refractivity contribution >= 4 is 15.5 Å². The molecule has 3 aromatic rings. The van der Waals surface area contributed by atoms with Crippen molar-refractivity contribution in [3.05, 3.63) is 66.6 Å². The Labute approximate surface area is 141 Å². The van der Waals surface area contributed by atoms with Gasteiger partial charge in [-0.05, 0) is 35.9 Å². The normalized spacial score (nSPS) is 11.4. The van der Waals surface area contributed by atoms with E-state index in [1.165, 1.54) is 0 Å². The number of benzene rings is 1. The van der Waals surface area contributed by atoms with Crippen LogP contribution in [0.2, 0.25) is 0 Å². The first kappa shape index (κ1) is 16.2. The predicted octanol–water partition coefficient (Wildman–Crippen LogP) is 2.67. The molecule has 3 rings (SSSR count). The molecular weight excluding hydrogens is 324 g/mol. The molecule has 124 valence electrons. The van der Waals surface area contributed by atoms with Crippen molar-refractivity contribution in [2.75, 3.05) is 11.1 Å². The van der Waals surface area contributed by atoms with Crippen LogP contribution in [0.4, 0.5) is 5.69 Å². The lowest BCUT2D eigenvalue weighted by atomic mass is 10.2. The van der Waals surface area contributed by atoms with Gasteiger partial charge in [-0.3, -0.25) is 0 Å². The Kier molecular flexibility index (Phi) is 4.61. The molecular formula is C17H18N4O2S. The molecule has 0 saturated carbocycles. The Morgan fingerprint density at radius 3 is 2.71 bits per heavy atom. The van der Waals surface area contributed by atoms with Crippen molar-refractivity contribution in [1.82, 2.24) is 14.8 Å². The maximum atomic E-state index is 12.2. The summed E-state index contributed by atoms with van der Waals surface area (Å²) in [6.07, 6.45) is 5.23. The van der Waals surface area contributed by atoms with Crippen molar-refractivity contribution < 1.29 is 8.42 Å². The van der Waals surface area contributed by atoms with Gasteiger partial charge in [0, 0.05) is 25.1 Å². The second-order valence-electron chi connectivity index (χ2n) is 5.23. The molecule has 0 atom stereocenters. The van der Waals surface area contributed by atoms with Gasteiger partial charge >= 0.3 is 0 Å². The number of nitrogens with one attached hydrogen (secondary N) is 1. The summed E-state index contributed by atoms with van der Waals surface area (Å²) < 4.78 is 26.0. The maximum Gasteiger partial charge on any atom is 0.180 e. The van der Waals surface area contributed by atoms with Crippen LogP contribution in [-0.4, -0.2) is 28.9 Å². The molecule has 0 fully saturated rings. The molecule has 6 nitrogen and oxygen atoms in total. The molecule has 0 amide bonds. The molecule has 1 N–H and O–H groups in total. The fraction of sp³-hybridized carbons (Fsp3) is 0.176. The molecule has 0 spiro atoms. The van der Waals surface area contributed by atoms with Crippen molar-refractivity contribution in [2.24, 2.45) is 0 Å². The van der Waals surface area contributed by atoms with Gasteiger partial charge in [-0.1, -0.05) is 19.1 Å². The Balaban J connectivity index is 1.81. The number of hydrogen-bond donors (Lipinski definition) is 1. The van der Waals surface area contributed by atoms with E-state index in [9.17, 15) is 8.42 Å². The summed E-state index contributed by atoms with van der Waals surface area (Å²) in [5, 5.41) is 7.36. The van der Waals surface area contributed by atoms with Gasteiger partial charge in [-0.25, -0.2) is 18.1 Å². The van der Waals surface area contributed by atoms with Gasteiger partial charge < -0.3 is 5.32 Å². The summed E-state index contributed by atoms with van der Waals surface area (Å²) in [7, 11) is -3.27. The summed E-state index contributed by atoms with van der Waals surface area (Å²) in [5.41, 5.74) is 1.59. The monoisotopic (exact) mass is 342 g/mol. The lowest BCUT2D eigenvalue weighted by Crippen LogP contribution is -2.09. The smallest absolute Gasteiger partial charge is 0.180 e. The summed E-state index contributed by atoms with van der Waals surface area (Å²) >= 11 is 0. The first-order valence-corrected chi connectivity index (χ1v) is 9.26. The van der Waals surface area contributed by atoms with Crippen molar-refractivity contribution in [2.45, 2.75) is 18.4 Å². The highest BCUT2D eigenvalue weighted by Crippen LogP contribution is 2.22. The van der Waals surface area contributed by atoms with Gasteiger partial charge in [0.25, 0.3) is 0 Å². The number of para-hydroxylation sites is 1. The van der Waals surface area contributed by atoms with Crippen LogP contribution in [0, 0.1) is 0 Å². The van der Waals surface area contributed by atoms with E-state index >= 15 is 0 Å². The van der Waals surface area contributed by atoms with Crippen LogP contribution in [0.15, 0.2) is 66.0 Å². The molecule has 0 saturated heterocycles. The van der Waals surface area contributed by atoms with Crippen LogP contribution in [0.3, 0.4) is 0 Å². The van der Waals surface area contributed by atoms with Crippen molar-refractivity contribution in [1.29, 1.82) is 0 Å². The van der Waals surface area contributed by atoms with E-state index in [-0.39, 0.29) is 5.75 Å². The topological polar surface area (TPSA) is 76.9 Å². The highest BCUT2D eigenvalue weighted by atomic mass is 32.2. The van der Waals surface area contributed by atoms with Gasteiger partial charge in [0.15, 0.2) is 15.7 Å². The maximum absolute atomic E-state index is 12.2. The van der Waals surface area contributed by atoms with E-state index in [1.807, 2.05) is 30.5 Å². The number of aromatic nitrogens is 3. The zero-order valence-corrected chi connectivity index (χ0v) is 14.1. The number of rotatable bonds is 6. The molecule has 2 heterocycles. The fourth-order valence-electron chi connectivity index (χ4n) is 2.34. The molecule has 24 heavy (non-hydrogen) atoms. The molecule has 0 aliphatic heterocycles. The Morgan fingerprint density at radius 1 is 1.12 bits per heavy atom. The molecule has 2 aromatic heterocycles. The van der Waals surface area contributed by atoms with Crippen LogP contribution in [0.5, 0.6) is 0 Å². The first-order valence-electron chi connectivity index (χ1n) is 7.61. The molecule has 0 radical (unpaired) electrons. The third-order valence-electron chi connectivity index (χ3n) is 3.63.